The second-order valence-electron chi connectivity index (χ2n) is 4.90. The van der Waals surface area contributed by atoms with Gasteiger partial charge in [0.25, 0.3) is 0 Å². The van der Waals surface area contributed by atoms with Crippen molar-refractivity contribution >= 4 is 23.4 Å². The number of hydrogen-bond donors (Lipinski definition) is 1. The van der Waals surface area contributed by atoms with E-state index in [0.717, 1.165) is 16.1 Å². The highest BCUT2D eigenvalue weighted by Crippen LogP contribution is 2.21. The van der Waals surface area contributed by atoms with Crippen LogP contribution in [0.3, 0.4) is 0 Å². The molecule has 0 aliphatic rings. The Morgan fingerprint density at radius 1 is 1.00 bits per heavy atom. The molecule has 0 spiro atoms. The smallest absolute Gasteiger partial charge is 0.234 e. The molecule has 0 aromatic heterocycles. The van der Waals surface area contributed by atoms with E-state index in [-0.39, 0.29) is 5.91 Å². The zero-order valence-electron chi connectivity index (χ0n) is 12.1. The number of rotatable bonds is 4. The highest BCUT2D eigenvalue weighted by atomic mass is 32.2. The summed E-state index contributed by atoms with van der Waals surface area (Å²) in [6.07, 6.45) is 0. The number of carbonyl (C=O) groups is 1. The normalized spacial score (nSPS) is 10.3. The van der Waals surface area contributed by atoms with Crippen molar-refractivity contribution in [2.24, 2.45) is 0 Å². The first kappa shape index (κ1) is 14.7. The van der Waals surface area contributed by atoms with Crippen molar-refractivity contribution in [3.8, 4) is 0 Å². The van der Waals surface area contributed by atoms with Gasteiger partial charge >= 0.3 is 0 Å². The molecule has 0 aliphatic carbocycles. The van der Waals surface area contributed by atoms with E-state index in [2.05, 4.69) is 37.4 Å². The topological polar surface area (TPSA) is 29.1 Å². The lowest BCUT2D eigenvalue weighted by molar-refractivity contribution is -0.113. The predicted molar refractivity (Wildman–Crippen MR) is 86.4 cm³/mol. The van der Waals surface area contributed by atoms with Crippen molar-refractivity contribution in [3.05, 3.63) is 59.2 Å². The van der Waals surface area contributed by atoms with Crippen molar-refractivity contribution in [2.45, 2.75) is 25.7 Å². The summed E-state index contributed by atoms with van der Waals surface area (Å²) < 4.78 is 0. The van der Waals surface area contributed by atoms with Gasteiger partial charge in [-0.1, -0.05) is 24.3 Å². The minimum absolute atomic E-state index is 0.0301. The minimum Gasteiger partial charge on any atom is -0.325 e. The molecule has 3 heteroatoms. The number of benzene rings is 2. The van der Waals surface area contributed by atoms with Gasteiger partial charge in [-0.25, -0.2) is 0 Å². The molecule has 2 nitrogen and oxygen atoms in total. The van der Waals surface area contributed by atoms with E-state index in [1.54, 1.807) is 11.8 Å². The average Bonchev–Trinajstić information content (AvgIpc) is 2.43. The Balaban J connectivity index is 1.92. The highest BCUT2D eigenvalue weighted by Gasteiger charge is 2.05. The summed E-state index contributed by atoms with van der Waals surface area (Å²) in [4.78, 5) is 13.1. The number of amides is 1. The van der Waals surface area contributed by atoms with E-state index < -0.39 is 0 Å². The van der Waals surface area contributed by atoms with Crippen molar-refractivity contribution < 1.29 is 4.79 Å². The number of para-hydroxylation sites is 1. The molecular weight excluding hydrogens is 266 g/mol. The molecule has 2 rings (SSSR count). The summed E-state index contributed by atoms with van der Waals surface area (Å²) >= 11 is 1.56. The van der Waals surface area contributed by atoms with Gasteiger partial charge < -0.3 is 5.32 Å². The van der Waals surface area contributed by atoms with Crippen LogP contribution in [0.4, 0.5) is 5.69 Å². The third-order valence-electron chi connectivity index (χ3n) is 3.27. The lowest BCUT2D eigenvalue weighted by atomic mass is 10.1. The molecule has 0 bridgehead atoms. The fourth-order valence-electron chi connectivity index (χ4n) is 1.85. The Morgan fingerprint density at radius 2 is 1.75 bits per heavy atom. The van der Waals surface area contributed by atoms with Crippen LogP contribution in [-0.4, -0.2) is 11.7 Å². The number of aryl methyl sites for hydroxylation is 3. The number of hydrogen-bond acceptors (Lipinski definition) is 2. The average molecular weight is 285 g/mol. The number of anilines is 1. The van der Waals surface area contributed by atoms with Gasteiger partial charge in [0, 0.05) is 10.6 Å². The van der Waals surface area contributed by atoms with Gasteiger partial charge in [0.1, 0.15) is 0 Å². The second-order valence-corrected chi connectivity index (χ2v) is 5.95. The predicted octanol–water partition coefficient (Wildman–Crippen LogP) is 4.34. The van der Waals surface area contributed by atoms with E-state index >= 15 is 0 Å². The second kappa shape index (κ2) is 6.62. The van der Waals surface area contributed by atoms with Crippen molar-refractivity contribution in [1.82, 2.24) is 0 Å². The summed E-state index contributed by atoms with van der Waals surface area (Å²) in [6, 6.07) is 14.1. The quantitative estimate of drug-likeness (QED) is 0.847. The SMILES string of the molecule is Cc1ccc(SCC(=O)Nc2ccccc2C)cc1C. The molecule has 0 heterocycles. The summed E-state index contributed by atoms with van der Waals surface area (Å²) in [5.74, 6) is 0.458. The maximum Gasteiger partial charge on any atom is 0.234 e. The highest BCUT2D eigenvalue weighted by molar-refractivity contribution is 8.00. The van der Waals surface area contributed by atoms with Gasteiger partial charge in [0.15, 0.2) is 0 Å². The molecule has 0 aliphatic heterocycles. The summed E-state index contributed by atoms with van der Waals surface area (Å²) in [6.45, 7) is 6.17. The molecular formula is C17H19NOS. The van der Waals surface area contributed by atoms with Crippen LogP contribution in [0.5, 0.6) is 0 Å². The molecule has 1 N–H and O–H groups in total. The molecule has 0 unspecified atom stereocenters. The Morgan fingerprint density at radius 3 is 2.45 bits per heavy atom. The number of thioether (sulfide) groups is 1. The Labute approximate surface area is 124 Å². The first-order chi connectivity index (χ1) is 9.56. The molecule has 20 heavy (non-hydrogen) atoms. The third kappa shape index (κ3) is 3.87. The first-order valence-corrected chi connectivity index (χ1v) is 7.60. The van der Waals surface area contributed by atoms with Crippen molar-refractivity contribution in [1.29, 1.82) is 0 Å². The minimum atomic E-state index is 0.0301. The van der Waals surface area contributed by atoms with Crippen LogP contribution in [-0.2, 0) is 4.79 Å². The van der Waals surface area contributed by atoms with Crippen LogP contribution in [0, 0.1) is 20.8 Å². The maximum atomic E-state index is 12.0. The van der Waals surface area contributed by atoms with Crippen LogP contribution >= 0.6 is 11.8 Å². The zero-order valence-corrected chi connectivity index (χ0v) is 12.9. The zero-order chi connectivity index (χ0) is 14.5. The van der Waals surface area contributed by atoms with Gasteiger partial charge in [0.2, 0.25) is 5.91 Å². The van der Waals surface area contributed by atoms with E-state index in [0.29, 0.717) is 5.75 Å². The lowest BCUT2D eigenvalue weighted by Gasteiger charge is -2.08. The van der Waals surface area contributed by atoms with E-state index in [4.69, 9.17) is 0 Å². The summed E-state index contributed by atoms with van der Waals surface area (Å²) in [7, 11) is 0. The molecule has 2 aromatic rings. The maximum absolute atomic E-state index is 12.0. The Kier molecular flexibility index (Phi) is 4.85. The van der Waals surface area contributed by atoms with Crippen LogP contribution in [0.15, 0.2) is 47.4 Å². The fraction of sp³-hybridized carbons (Fsp3) is 0.235. The van der Waals surface area contributed by atoms with Crippen LogP contribution in [0.1, 0.15) is 16.7 Å². The van der Waals surface area contributed by atoms with Gasteiger partial charge in [-0.3, -0.25) is 4.79 Å². The van der Waals surface area contributed by atoms with Crippen LogP contribution in [0.2, 0.25) is 0 Å². The standard InChI is InChI=1S/C17H19NOS/c1-12-8-9-15(10-14(12)3)20-11-17(19)18-16-7-5-4-6-13(16)2/h4-10H,11H2,1-3H3,(H,18,19). The Bertz CT molecular complexity index is 622. The van der Waals surface area contributed by atoms with Crippen molar-refractivity contribution in [2.75, 3.05) is 11.1 Å². The van der Waals surface area contributed by atoms with Gasteiger partial charge in [-0.05, 0) is 55.7 Å². The number of nitrogens with one attached hydrogen (secondary N) is 1. The monoisotopic (exact) mass is 285 g/mol. The van der Waals surface area contributed by atoms with Crippen molar-refractivity contribution in [3.63, 3.8) is 0 Å². The van der Waals surface area contributed by atoms with Crippen LogP contribution < -0.4 is 5.32 Å². The Hall–Kier alpha value is -1.74. The molecule has 0 saturated heterocycles. The largest absolute Gasteiger partial charge is 0.325 e. The molecule has 1 amide bonds. The fourth-order valence-corrected chi connectivity index (χ4v) is 2.65. The van der Waals surface area contributed by atoms with Gasteiger partial charge in [-0.15, -0.1) is 11.8 Å². The van der Waals surface area contributed by atoms with Crippen LogP contribution in [0.25, 0.3) is 0 Å². The van der Waals surface area contributed by atoms with Gasteiger partial charge in [0.05, 0.1) is 5.75 Å². The van der Waals surface area contributed by atoms with E-state index in [1.165, 1.54) is 11.1 Å². The summed E-state index contributed by atoms with van der Waals surface area (Å²) in [5.41, 5.74) is 4.50. The molecule has 2 aromatic carbocycles. The lowest BCUT2D eigenvalue weighted by Crippen LogP contribution is -2.14. The van der Waals surface area contributed by atoms with E-state index in [1.807, 2.05) is 31.2 Å². The third-order valence-corrected chi connectivity index (χ3v) is 4.26. The van der Waals surface area contributed by atoms with E-state index in [9.17, 15) is 4.79 Å². The molecule has 0 saturated carbocycles. The molecule has 0 radical (unpaired) electrons. The van der Waals surface area contributed by atoms with Gasteiger partial charge in [-0.2, -0.15) is 0 Å². The molecule has 104 valence electrons. The summed E-state index contributed by atoms with van der Waals surface area (Å²) in [5, 5.41) is 2.95. The number of carbonyl (C=O) groups excluding carboxylic acids is 1. The molecule has 0 atom stereocenters. The first-order valence-electron chi connectivity index (χ1n) is 6.62. The molecule has 0 fully saturated rings.